The van der Waals surface area contributed by atoms with Gasteiger partial charge in [-0.25, -0.2) is 4.98 Å². The zero-order chi connectivity index (χ0) is 21.3. The van der Waals surface area contributed by atoms with Crippen molar-refractivity contribution >= 4 is 16.9 Å². The zero-order valence-electron chi connectivity index (χ0n) is 17.9. The van der Waals surface area contributed by atoms with Crippen LogP contribution in [0.3, 0.4) is 0 Å². The number of fused-ring (bicyclic) bond motifs is 1. The van der Waals surface area contributed by atoms with Gasteiger partial charge < -0.3 is 9.88 Å². The number of aryl methyl sites for hydroxylation is 2. The summed E-state index contributed by atoms with van der Waals surface area (Å²) in [5.74, 6) is 0.631. The predicted molar refractivity (Wildman–Crippen MR) is 120 cm³/mol. The standard InChI is InChI=1S/C25H26N4O/c1-16-13-17(2)19(4)20(18(16)3)15-29-23-11-6-5-9-21(23)28-24(29)14-27-25(30)22-10-7-8-12-26-22/h5-13H,14-15H2,1-4H3,(H,27,30). The Morgan fingerprint density at radius 1 is 0.967 bits per heavy atom. The van der Waals surface area contributed by atoms with E-state index in [-0.39, 0.29) is 5.91 Å². The van der Waals surface area contributed by atoms with Crippen molar-refractivity contribution in [3.8, 4) is 0 Å². The SMILES string of the molecule is Cc1cc(C)c(C)c(Cn2c(CNC(=O)c3ccccn3)nc3ccccc32)c1C. The fourth-order valence-corrected chi connectivity index (χ4v) is 3.88. The lowest BCUT2D eigenvalue weighted by molar-refractivity contribution is 0.0944. The van der Waals surface area contributed by atoms with E-state index in [1.807, 2.05) is 24.3 Å². The summed E-state index contributed by atoms with van der Waals surface area (Å²) < 4.78 is 2.21. The molecule has 0 unspecified atom stereocenters. The molecule has 2 aromatic carbocycles. The molecule has 4 aromatic rings. The number of imidazole rings is 1. The second kappa shape index (κ2) is 8.11. The van der Waals surface area contributed by atoms with Crippen molar-refractivity contribution in [2.75, 3.05) is 0 Å². The summed E-state index contributed by atoms with van der Waals surface area (Å²) in [7, 11) is 0. The van der Waals surface area contributed by atoms with Crippen LogP contribution in [0.5, 0.6) is 0 Å². The van der Waals surface area contributed by atoms with Gasteiger partial charge in [-0.15, -0.1) is 0 Å². The predicted octanol–water partition coefficient (Wildman–Crippen LogP) is 4.64. The van der Waals surface area contributed by atoms with E-state index in [1.165, 1.54) is 27.8 Å². The smallest absolute Gasteiger partial charge is 0.270 e. The Morgan fingerprint density at radius 3 is 2.37 bits per heavy atom. The van der Waals surface area contributed by atoms with Crippen molar-refractivity contribution in [3.63, 3.8) is 0 Å². The average Bonchev–Trinajstić information content (AvgIpc) is 3.11. The molecule has 0 saturated heterocycles. The molecular weight excluding hydrogens is 372 g/mol. The van der Waals surface area contributed by atoms with Crippen molar-refractivity contribution < 1.29 is 4.79 Å². The van der Waals surface area contributed by atoms with Crippen LogP contribution in [-0.4, -0.2) is 20.4 Å². The maximum Gasteiger partial charge on any atom is 0.270 e. The molecule has 5 heteroatoms. The third kappa shape index (κ3) is 3.71. The first kappa shape index (κ1) is 19.8. The Balaban J connectivity index is 1.71. The van der Waals surface area contributed by atoms with E-state index in [1.54, 1.807) is 18.3 Å². The molecule has 0 aliphatic heterocycles. The average molecular weight is 399 g/mol. The van der Waals surface area contributed by atoms with Crippen LogP contribution in [-0.2, 0) is 13.1 Å². The first-order valence-corrected chi connectivity index (χ1v) is 10.2. The van der Waals surface area contributed by atoms with E-state index in [4.69, 9.17) is 4.98 Å². The molecule has 30 heavy (non-hydrogen) atoms. The number of rotatable bonds is 5. The second-order valence-electron chi connectivity index (χ2n) is 7.74. The number of nitrogens with zero attached hydrogens (tertiary/aromatic N) is 3. The Kier molecular flexibility index (Phi) is 5.36. The van der Waals surface area contributed by atoms with Crippen LogP contribution in [0.2, 0.25) is 0 Å². The highest BCUT2D eigenvalue weighted by Gasteiger charge is 2.16. The normalized spacial score (nSPS) is 11.1. The lowest BCUT2D eigenvalue weighted by Crippen LogP contribution is -2.25. The highest BCUT2D eigenvalue weighted by atomic mass is 16.1. The molecule has 1 amide bonds. The van der Waals surface area contributed by atoms with Crippen LogP contribution in [0.25, 0.3) is 11.0 Å². The number of nitrogens with one attached hydrogen (secondary N) is 1. The molecule has 0 atom stereocenters. The Labute approximate surface area is 176 Å². The number of benzene rings is 2. The Hall–Kier alpha value is -3.47. The molecule has 1 N–H and O–H groups in total. The lowest BCUT2D eigenvalue weighted by atomic mass is 9.94. The minimum Gasteiger partial charge on any atom is -0.343 e. The molecule has 0 fully saturated rings. The number of pyridine rings is 1. The third-order valence-electron chi connectivity index (χ3n) is 5.88. The number of para-hydroxylation sites is 2. The van der Waals surface area contributed by atoms with E-state index < -0.39 is 0 Å². The van der Waals surface area contributed by atoms with Gasteiger partial charge in [-0.05, 0) is 79.8 Å². The highest BCUT2D eigenvalue weighted by molar-refractivity contribution is 5.92. The quantitative estimate of drug-likeness (QED) is 0.533. The van der Waals surface area contributed by atoms with Crippen LogP contribution < -0.4 is 5.32 Å². The first-order valence-electron chi connectivity index (χ1n) is 10.2. The molecule has 0 aliphatic rings. The summed E-state index contributed by atoms with van der Waals surface area (Å²) in [5, 5.41) is 2.97. The van der Waals surface area contributed by atoms with Crippen LogP contribution in [0, 0.1) is 27.7 Å². The fourth-order valence-electron chi connectivity index (χ4n) is 3.88. The summed E-state index contributed by atoms with van der Waals surface area (Å²) in [6.07, 6.45) is 1.62. The van der Waals surface area contributed by atoms with Gasteiger partial charge in [0, 0.05) is 12.7 Å². The maximum absolute atomic E-state index is 12.5. The number of hydrogen-bond donors (Lipinski definition) is 1. The minimum atomic E-state index is -0.201. The van der Waals surface area contributed by atoms with Crippen molar-refractivity contribution in [2.45, 2.75) is 40.8 Å². The largest absolute Gasteiger partial charge is 0.343 e. The number of carbonyl (C=O) groups is 1. The third-order valence-corrected chi connectivity index (χ3v) is 5.88. The molecule has 2 aromatic heterocycles. The van der Waals surface area contributed by atoms with Gasteiger partial charge in [-0.1, -0.05) is 24.3 Å². The van der Waals surface area contributed by atoms with Gasteiger partial charge in [0.2, 0.25) is 0 Å². The van der Waals surface area contributed by atoms with E-state index >= 15 is 0 Å². The van der Waals surface area contributed by atoms with Crippen LogP contribution in [0.4, 0.5) is 0 Å². The molecule has 152 valence electrons. The molecule has 0 spiro atoms. The van der Waals surface area contributed by atoms with Gasteiger partial charge in [0.15, 0.2) is 0 Å². The van der Waals surface area contributed by atoms with Crippen molar-refractivity contribution in [1.82, 2.24) is 19.9 Å². The summed E-state index contributed by atoms with van der Waals surface area (Å²) in [6.45, 7) is 9.73. The summed E-state index contributed by atoms with van der Waals surface area (Å²) in [6, 6.07) is 15.7. The summed E-state index contributed by atoms with van der Waals surface area (Å²) in [4.78, 5) is 21.4. The van der Waals surface area contributed by atoms with E-state index in [0.29, 0.717) is 12.2 Å². The maximum atomic E-state index is 12.5. The van der Waals surface area contributed by atoms with Gasteiger partial charge in [-0.2, -0.15) is 0 Å². The van der Waals surface area contributed by atoms with Crippen LogP contribution in [0.15, 0.2) is 54.7 Å². The van der Waals surface area contributed by atoms with Crippen LogP contribution >= 0.6 is 0 Å². The summed E-state index contributed by atoms with van der Waals surface area (Å²) >= 11 is 0. The number of aromatic nitrogens is 3. The molecule has 0 aliphatic carbocycles. The van der Waals surface area contributed by atoms with Crippen molar-refractivity contribution in [3.05, 3.63) is 94.1 Å². The molecule has 0 radical (unpaired) electrons. The molecule has 4 rings (SSSR count). The fraction of sp³-hybridized carbons (Fsp3) is 0.240. The number of carbonyl (C=O) groups excluding carboxylic acids is 1. The van der Waals surface area contributed by atoms with Gasteiger partial charge >= 0.3 is 0 Å². The first-order chi connectivity index (χ1) is 14.5. The molecule has 5 nitrogen and oxygen atoms in total. The van der Waals surface area contributed by atoms with E-state index in [2.05, 4.69) is 54.7 Å². The van der Waals surface area contributed by atoms with Gasteiger partial charge in [-0.3, -0.25) is 9.78 Å². The molecule has 0 bridgehead atoms. The monoisotopic (exact) mass is 398 g/mol. The number of amides is 1. The minimum absolute atomic E-state index is 0.201. The van der Waals surface area contributed by atoms with Gasteiger partial charge in [0.05, 0.1) is 17.6 Å². The van der Waals surface area contributed by atoms with E-state index in [9.17, 15) is 4.79 Å². The van der Waals surface area contributed by atoms with E-state index in [0.717, 1.165) is 23.4 Å². The second-order valence-corrected chi connectivity index (χ2v) is 7.74. The van der Waals surface area contributed by atoms with Crippen LogP contribution in [0.1, 0.15) is 44.1 Å². The zero-order valence-corrected chi connectivity index (χ0v) is 17.9. The number of hydrogen-bond acceptors (Lipinski definition) is 3. The van der Waals surface area contributed by atoms with Gasteiger partial charge in [0.1, 0.15) is 11.5 Å². The topological polar surface area (TPSA) is 59.8 Å². The molecular formula is C25H26N4O. The van der Waals surface area contributed by atoms with Crippen molar-refractivity contribution in [2.24, 2.45) is 0 Å². The lowest BCUT2D eigenvalue weighted by Gasteiger charge is -2.18. The van der Waals surface area contributed by atoms with Crippen molar-refractivity contribution in [1.29, 1.82) is 0 Å². The Bertz CT molecular complexity index is 1200. The summed E-state index contributed by atoms with van der Waals surface area (Å²) in [5.41, 5.74) is 8.91. The molecule has 2 heterocycles. The molecule has 0 saturated carbocycles. The van der Waals surface area contributed by atoms with Gasteiger partial charge in [0.25, 0.3) is 5.91 Å². The highest BCUT2D eigenvalue weighted by Crippen LogP contribution is 2.25. The Morgan fingerprint density at radius 2 is 1.67 bits per heavy atom.